The number of methoxy groups -OCH3 is 1. The molecule has 0 saturated carbocycles. The number of carbonyl (C=O) groups excluding carboxylic acids is 3. The highest BCUT2D eigenvalue weighted by molar-refractivity contribution is 5.92. The Bertz CT molecular complexity index is 1900. The molecule has 3 atom stereocenters. The number of benzene rings is 1. The van der Waals surface area contributed by atoms with Crippen molar-refractivity contribution >= 4 is 40.9 Å². The maximum Gasteiger partial charge on any atom is 0.428 e. The number of aromatic nitrogens is 4. The summed E-state index contributed by atoms with van der Waals surface area (Å²) < 4.78 is 37.5. The highest BCUT2D eigenvalue weighted by atomic mass is 19.1. The van der Waals surface area contributed by atoms with Crippen molar-refractivity contribution in [1.82, 2.24) is 24.3 Å². The molecule has 244 valence electrons. The maximum absolute atomic E-state index is 14.8. The van der Waals surface area contributed by atoms with E-state index >= 15 is 0 Å². The van der Waals surface area contributed by atoms with Crippen molar-refractivity contribution in [3.05, 3.63) is 60.8 Å². The number of hydrogen-bond acceptors (Lipinski definition) is 15. The van der Waals surface area contributed by atoms with Crippen LogP contribution in [0.2, 0.25) is 0 Å². The first kappa shape index (κ1) is 30.3. The quantitative estimate of drug-likeness (QED) is 0.250. The molecule has 3 aromatic heterocycles. The molecule has 3 unspecified atom stereocenters. The molecule has 3 aliphatic rings. The first-order valence-corrected chi connectivity index (χ1v) is 14.5. The summed E-state index contributed by atoms with van der Waals surface area (Å²) in [5.41, 5.74) is -0.0385. The van der Waals surface area contributed by atoms with Crippen LogP contribution in [0.5, 0.6) is 5.75 Å². The largest absolute Gasteiger partial charge is 0.494 e. The number of rotatable bonds is 6. The van der Waals surface area contributed by atoms with Gasteiger partial charge in [-0.25, -0.2) is 24.1 Å². The van der Waals surface area contributed by atoms with Crippen molar-refractivity contribution in [3.63, 3.8) is 0 Å². The topological polar surface area (TPSA) is 190 Å². The Morgan fingerprint density at radius 2 is 1.79 bits per heavy atom. The normalized spacial score (nSPS) is 25.0. The number of piperazine rings is 1. The van der Waals surface area contributed by atoms with Gasteiger partial charge in [-0.15, -0.1) is 0 Å². The Balaban J connectivity index is 1.07. The molecule has 16 nitrogen and oxygen atoms in total. The Morgan fingerprint density at radius 1 is 1.00 bits per heavy atom. The molecule has 0 radical (unpaired) electrons. The lowest BCUT2D eigenvalue weighted by Gasteiger charge is -2.43. The molecule has 3 N–H and O–H groups in total. The first-order valence-electron chi connectivity index (χ1n) is 14.5. The molecule has 0 aliphatic carbocycles. The van der Waals surface area contributed by atoms with Crippen LogP contribution in [-0.2, 0) is 28.6 Å². The molecule has 0 spiro atoms. The van der Waals surface area contributed by atoms with Crippen molar-refractivity contribution in [2.24, 2.45) is 0 Å². The van der Waals surface area contributed by atoms with E-state index in [0.29, 0.717) is 35.9 Å². The lowest BCUT2D eigenvalue weighted by Crippen LogP contribution is -2.64. The van der Waals surface area contributed by atoms with Crippen LogP contribution >= 0.6 is 0 Å². The number of cyclic esters (lactones) is 1. The molecule has 17 heteroatoms. The number of ether oxygens (including phenoxy) is 4. The number of nitrogens with one attached hydrogen (secondary N) is 1. The molecule has 0 amide bonds. The summed E-state index contributed by atoms with van der Waals surface area (Å²) in [6, 6.07) is 10.8. The van der Waals surface area contributed by atoms with Gasteiger partial charge in [0.2, 0.25) is 5.95 Å². The highest BCUT2D eigenvalue weighted by Gasteiger charge is 2.61. The van der Waals surface area contributed by atoms with E-state index < -0.39 is 54.4 Å². The van der Waals surface area contributed by atoms with E-state index in [2.05, 4.69) is 20.3 Å². The molecule has 6 heterocycles. The predicted molar refractivity (Wildman–Crippen MR) is 157 cm³/mol. The van der Waals surface area contributed by atoms with Gasteiger partial charge in [0.25, 0.3) is 6.23 Å². The number of nitrogens with zero attached hydrogens (tertiary/aromatic N) is 6. The number of carbonyl (C=O) groups is 3. The fourth-order valence-corrected chi connectivity index (χ4v) is 5.81. The molecule has 3 aliphatic heterocycles. The number of aliphatic hydroxyl groups is 2. The molecule has 47 heavy (non-hydrogen) atoms. The SMILES string of the molecule is COc1cc(N2CCN(C3OC(=O)CC4(O)CC(=O)OC3(O)OC4=O)CC2)ccc1Nc1ncc(F)c(-c2cnc3ccccn23)n1. The summed E-state index contributed by atoms with van der Waals surface area (Å²) in [5.74, 6) is -6.45. The van der Waals surface area contributed by atoms with E-state index in [1.54, 1.807) is 28.8 Å². The smallest absolute Gasteiger partial charge is 0.428 e. The zero-order valence-corrected chi connectivity index (χ0v) is 24.8. The minimum absolute atomic E-state index is 0.0679. The zero-order chi connectivity index (χ0) is 32.9. The van der Waals surface area contributed by atoms with Crippen LogP contribution < -0.4 is 15.0 Å². The van der Waals surface area contributed by atoms with E-state index in [1.807, 2.05) is 23.1 Å². The Labute approximate surface area is 265 Å². The van der Waals surface area contributed by atoms with Crippen LogP contribution in [-0.4, -0.2) is 103 Å². The summed E-state index contributed by atoms with van der Waals surface area (Å²) in [6.07, 6.45) is 1.02. The van der Waals surface area contributed by atoms with Gasteiger partial charge in [0.1, 0.15) is 17.1 Å². The van der Waals surface area contributed by atoms with Gasteiger partial charge in [-0.2, -0.15) is 0 Å². The van der Waals surface area contributed by atoms with Crippen LogP contribution in [0.4, 0.5) is 21.7 Å². The number of anilines is 3. The molecule has 1 aromatic carbocycles. The molecule has 4 aromatic rings. The predicted octanol–water partition coefficient (Wildman–Crippen LogP) is 0.945. The zero-order valence-electron chi connectivity index (χ0n) is 24.8. The minimum Gasteiger partial charge on any atom is -0.494 e. The van der Waals surface area contributed by atoms with Gasteiger partial charge in [-0.05, 0) is 24.3 Å². The fourth-order valence-electron chi connectivity index (χ4n) is 5.81. The van der Waals surface area contributed by atoms with Gasteiger partial charge in [-0.3, -0.25) is 18.9 Å². The summed E-state index contributed by atoms with van der Waals surface area (Å²) in [7, 11) is 1.50. The number of hydrogen-bond donors (Lipinski definition) is 3. The molecular formula is C30H28FN7O9. The van der Waals surface area contributed by atoms with Crippen molar-refractivity contribution in [3.8, 4) is 17.1 Å². The van der Waals surface area contributed by atoms with E-state index in [4.69, 9.17) is 18.9 Å². The Hall–Kier alpha value is -5.39. The third kappa shape index (κ3) is 5.53. The minimum atomic E-state index is -2.94. The number of halogens is 1. The van der Waals surface area contributed by atoms with E-state index in [-0.39, 0.29) is 24.7 Å². The second-order valence-corrected chi connectivity index (χ2v) is 11.2. The number of fused-ring (bicyclic) bond motifs is 4. The van der Waals surface area contributed by atoms with Crippen LogP contribution in [0.1, 0.15) is 12.8 Å². The third-order valence-corrected chi connectivity index (χ3v) is 8.15. The van der Waals surface area contributed by atoms with E-state index in [9.17, 15) is 29.0 Å². The highest BCUT2D eigenvalue weighted by Crippen LogP contribution is 2.36. The molecule has 3 saturated heterocycles. The lowest BCUT2D eigenvalue weighted by atomic mass is 9.96. The van der Waals surface area contributed by atoms with E-state index in [0.717, 1.165) is 11.9 Å². The summed E-state index contributed by atoms with van der Waals surface area (Å²) >= 11 is 0. The average molecular weight is 650 g/mol. The number of pyridine rings is 1. The Kier molecular flexibility index (Phi) is 7.37. The third-order valence-electron chi connectivity index (χ3n) is 8.15. The number of esters is 3. The summed E-state index contributed by atoms with van der Waals surface area (Å²) in [6.45, 7) is 1.10. The Morgan fingerprint density at radius 3 is 2.57 bits per heavy atom. The standard InChI is InChI=1S/C30H28FN7O9/c1-44-21-12-17(5-6-19(21)34-28-33-15-18(31)25(35-28)20-16-32-22-4-2-3-7-38(20)22)36-8-10-37(11-9-36)26-30(43)46-24(40)14-29(42,27(41)47-30)13-23(39)45-26/h2-7,12,15-16,26,42-43H,8-11,13-14H2,1H3,(H,33,34,35). The fraction of sp³-hybridized carbons (Fsp3) is 0.333. The first-order chi connectivity index (χ1) is 22.5. The van der Waals surface area contributed by atoms with Crippen LogP contribution in [0.15, 0.2) is 55.0 Å². The van der Waals surface area contributed by atoms with Gasteiger partial charge in [0.15, 0.2) is 11.4 Å². The maximum atomic E-state index is 14.8. The van der Waals surface area contributed by atoms with Crippen molar-refractivity contribution in [2.45, 2.75) is 30.6 Å². The van der Waals surface area contributed by atoms with Gasteiger partial charge >= 0.3 is 23.9 Å². The van der Waals surface area contributed by atoms with Crippen LogP contribution in [0.25, 0.3) is 17.0 Å². The second kappa shape index (κ2) is 11.4. The van der Waals surface area contributed by atoms with Gasteiger partial charge in [0, 0.05) is 44.1 Å². The van der Waals surface area contributed by atoms with E-state index in [1.165, 1.54) is 18.2 Å². The van der Waals surface area contributed by atoms with Crippen molar-refractivity contribution < 1.29 is 47.9 Å². The average Bonchev–Trinajstić information content (AvgIpc) is 3.46. The van der Waals surface area contributed by atoms with Crippen molar-refractivity contribution in [2.75, 3.05) is 43.5 Å². The summed E-state index contributed by atoms with van der Waals surface area (Å²) in [4.78, 5) is 53.7. The van der Waals surface area contributed by atoms with Gasteiger partial charge in [-0.1, -0.05) is 6.07 Å². The summed E-state index contributed by atoms with van der Waals surface area (Å²) in [5, 5.41) is 24.6. The van der Waals surface area contributed by atoms with Crippen LogP contribution in [0.3, 0.4) is 0 Å². The second-order valence-electron chi connectivity index (χ2n) is 11.2. The van der Waals surface area contributed by atoms with Crippen LogP contribution in [0, 0.1) is 5.82 Å². The lowest BCUT2D eigenvalue weighted by molar-refractivity contribution is -0.384. The van der Waals surface area contributed by atoms with Crippen molar-refractivity contribution in [1.29, 1.82) is 0 Å². The molecule has 7 rings (SSSR count). The van der Waals surface area contributed by atoms with Gasteiger partial charge < -0.3 is 39.4 Å². The molecular weight excluding hydrogens is 621 g/mol. The number of imidazole rings is 1. The molecule has 2 bridgehead atoms. The monoisotopic (exact) mass is 649 g/mol. The molecule has 3 fully saturated rings. The van der Waals surface area contributed by atoms with Gasteiger partial charge in [0.05, 0.1) is 43.7 Å².